The molecule has 170 valence electrons. The van der Waals surface area contributed by atoms with E-state index in [2.05, 4.69) is 20.4 Å². The van der Waals surface area contributed by atoms with Crippen LogP contribution in [0.3, 0.4) is 0 Å². The number of aryl methyl sites for hydroxylation is 1. The molecule has 34 heavy (non-hydrogen) atoms. The van der Waals surface area contributed by atoms with E-state index in [4.69, 9.17) is 4.98 Å². The molecule has 5 aromatic rings. The molecule has 0 bridgehead atoms. The van der Waals surface area contributed by atoms with E-state index in [0.29, 0.717) is 23.6 Å². The zero-order chi connectivity index (χ0) is 23.8. The maximum Gasteiger partial charge on any atom is 0.257 e. The average Bonchev–Trinajstić information content (AvgIpc) is 3.38. The molecule has 0 saturated heterocycles. The largest absolute Gasteiger partial charge is 0.327 e. The summed E-state index contributed by atoms with van der Waals surface area (Å²) in [5.41, 5.74) is 3.55. The summed E-state index contributed by atoms with van der Waals surface area (Å²) < 4.78 is 30.4. The van der Waals surface area contributed by atoms with E-state index >= 15 is 0 Å². The molecule has 4 heterocycles. The van der Waals surface area contributed by atoms with Crippen molar-refractivity contribution < 1.29 is 13.6 Å². The van der Waals surface area contributed by atoms with E-state index in [1.165, 1.54) is 24.4 Å². The van der Waals surface area contributed by atoms with E-state index in [-0.39, 0.29) is 17.2 Å². The third-order valence-electron chi connectivity index (χ3n) is 5.39. The number of amides is 1. The summed E-state index contributed by atoms with van der Waals surface area (Å²) in [6, 6.07) is 12.2. The van der Waals surface area contributed by atoms with Crippen LogP contribution in [-0.2, 0) is 6.54 Å². The molecule has 0 fully saturated rings. The van der Waals surface area contributed by atoms with Crippen LogP contribution in [0.5, 0.6) is 0 Å². The second-order valence-electron chi connectivity index (χ2n) is 7.58. The standard InChI is InChI=1S/C24H19F2N7O/c1-3-32-14(2)28-22(15-4-6-17(25)7-5-15)23(32)18-8-9-21-29-20(13-33(21)31-18)30-24(34)16-10-11-27-19(26)12-16/h4-13H,3H2,1-2H3,(H,30,34). The maximum atomic E-state index is 13.5. The van der Waals surface area contributed by atoms with Crippen LogP contribution in [0, 0.1) is 18.7 Å². The molecule has 4 aromatic heterocycles. The highest BCUT2D eigenvalue weighted by Gasteiger charge is 2.19. The number of nitrogens with one attached hydrogen (secondary N) is 1. The van der Waals surface area contributed by atoms with Gasteiger partial charge in [-0.2, -0.15) is 9.49 Å². The zero-order valence-electron chi connectivity index (χ0n) is 18.3. The molecule has 0 aliphatic carbocycles. The first-order valence-corrected chi connectivity index (χ1v) is 10.6. The van der Waals surface area contributed by atoms with Crippen LogP contribution >= 0.6 is 0 Å². The highest BCUT2D eigenvalue weighted by molar-refractivity contribution is 6.03. The van der Waals surface area contributed by atoms with Crippen molar-refractivity contribution in [3.63, 3.8) is 0 Å². The van der Waals surface area contributed by atoms with Crippen LogP contribution in [0.4, 0.5) is 14.6 Å². The molecule has 1 N–H and O–H groups in total. The molecule has 0 radical (unpaired) electrons. The number of halogens is 2. The summed E-state index contributed by atoms with van der Waals surface area (Å²) >= 11 is 0. The number of imidazole rings is 2. The molecule has 0 atom stereocenters. The van der Waals surface area contributed by atoms with Gasteiger partial charge in [-0.25, -0.2) is 23.9 Å². The van der Waals surface area contributed by atoms with Crippen LogP contribution in [0.1, 0.15) is 23.1 Å². The Morgan fingerprint density at radius 2 is 1.85 bits per heavy atom. The fraction of sp³-hybridized carbons (Fsp3) is 0.125. The molecule has 0 spiro atoms. The third-order valence-corrected chi connectivity index (χ3v) is 5.39. The van der Waals surface area contributed by atoms with Gasteiger partial charge in [0, 0.05) is 29.9 Å². The topological polar surface area (TPSA) is 90.0 Å². The van der Waals surface area contributed by atoms with E-state index in [1.54, 1.807) is 28.9 Å². The number of benzene rings is 1. The maximum absolute atomic E-state index is 13.5. The minimum atomic E-state index is -0.742. The summed E-state index contributed by atoms with van der Waals surface area (Å²) in [6.07, 6.45) is 2.80. The van der Waals surface area contributed by atoms with Crippen LogP contribution in [0.25, 0.3) is 28.3 Å². The Morgan fingerprint density at radius 3 is 2.59 bits per heavy atom. The number of carbonyl (C=O) groups is 1. The Hall–Kier alpha value is -4.47. The predicted molar refractivity (Wildman–Crippen MR) is 122 cm³/mol. The van der Waals surface area contributed by atoms with Gasteiger partial charge in [0.2, 0.25) is 5.95 Å². The molecule has 0 saturated carbocycles. The molecule has 5 rings (SSSR count). The Balaban J connectivity index is 1.53. The fourth-order valence-electron chi connectivity index (χ4n) is 3.82. The number of hydrogen-bond donors (Lipinski definition) is 1. The lowest BCUT2D eigenvalue weighted by atomic mass is 10.1. The average molecular weight is 459 g/mol. The van der Waals surface area contributed by atoms with Gasteiger partial charge in [0.1, 0.15) is 17.3 Å². The number of fused-ring (bicyclic) bond motifs is 1. The Labute approximate surface area is 192 Å². The lowest BCUT2D eigenvalue weighted by Crippen LogP contribution is -2.12. The van der Waals surface area contributed by atoms with Crippen molar-refractivity contribution in [2.45, 2.75) is 20.4 Å². The van der Waals surface area contributed by atoms with Crippen molar-refractivity contribution >= 4 is 17.4 Å². The summed E-state index contributed by atoms with van der Waals surface area (Å²) in [6.45, 7) is 4.59. The molecule has 0 unspecified atom stereocenters. The van der Waals surface area contributed by atoms with Gasteiger partial charge in [0.15, 0.2) is 11.5 Å². The van der Waals surface area contributed by atoms with E-state index in [9.17, 15) is 13.6 Å². The molecule has 0 aliphatic heterocycles. The first kappa shape index (κ1) is 21.4. The monoisotopic (exact) mass is 459 g/mol. The second-order valence-corrected chi connectivity index (χ2v) is 7.58. The van der Waals surface area contributed by atoms with Crippen LogP contribution in [0.15, 0.2) is 60.9 Å². The number of anilines is 1. The quantitative estimate of drug-likeness (QED) is 0.391. The highest BCUT2D eigenvalue weighted by atomic mass is 19.1. The molecule has 1 amide bonds. The van der Waals surface area contributed by atoms with Crippen molar-refractivity contribution in [3.05, 3.63) is 84.1 Å². The zero-order valence-corrected chi connectivity index (χ0v) is 18.3. The van der Waals surface area contributed by atoms with Gasteiger partial charge in [-0.3, -0.25) is 4.79 Å². The first-order valence-electron chi connectivity index (χ1n) is 10.6. The number of carbonyl (C=O) groups excluding carboxylic acids is 1. The van der Waals surface area contributed by atoms with Gasteiger partial charge in [-0.05, 0) is 56.3 Å². The number of aromatic nitrogens is 6. The lowest BCUT2D eigenvalue weighted by molar-refractivity contribution is 0.102. The smallest absolute Gasteiger partial charge is 0.257 e. The minimum absolute atomic E-state index is 0.129. The molecule has 10 heteroatoms. The van der Waals surface area contributed by atoms with E-state index in [1.807, 2.05) is 24.5 Å². The summed E-state index contributed by atoms with van der Waals surface area (Å²) in [4.78, 5) is 25.0. The highest BCUT2D eigenvalue weighted by Crippen LogP contribution is 2.32. The van der Waals surface area contributed by atoms with Crippen molar-refractivity contribution in [2.24, 2.45) is 0 Å². The number of nitrogens with zero attached hydrogens (tertiary/aromatic N) is 6. The van der Waals surface area contributed by atoms with E-state index < -0.39 is 11.9 Å². The first-order chi connectivity index (χ1) is 16.4. The minimum Gasteiger partial charge on any atom is -0.327 e. The van der Waals surface area contributed by atoms with Crippen LogP contribution in [0.2, 0.25) is 0 Å². The van der Waals surface area contributed by atoms with Gasteiger partial charge in [-0.15, -0.1) is 0 Å². The van der Waals surface area contributed by atoms with Crippen molar-refractivity contribution in [3.8, 4) is 22.6 Å². The van der Waals surface area contributed by atoms with Gasteiger partial charge >= 0.3 is 0 Å². The van der Waals surface area contributed by atoms with Gasteiger partial charge in [0.05, 0.1) is 17.6 Å². The third kappa shape index (κ3) is 3.90. The summed E-state index contributed by atoms with van der Waals surface area (Å²) in [7, 11) is 0. The van der Waals surface area contributed by atoms with Crippen LogP contribution < -0.4 is 5.32 Å². The van der Waals surface area contributed by atoms with Gasteiger partial charge in [-0.1, -0.05) is 0 Å². The lowest BCUT2D eigenvalue weighted by Gasteiger charge is -2.09. The van der Waals surface area contributed by atoms with Gasteiger partial charge in [0.25, 0.3) is 5.91 Å². The van der Waals surface area contributed by atoms with Crippen molar-refractivity contribution in [1.82, 2.24) is 29.1 Å². The SMILES string of the molecule is CCn1c(C)nc(-c2ccc(F)cc2)c1-c1ccc2nc(NC(=O)c3ccnc(F)c3)cn2n1. The number of rotatable bonds is 5. The number of pyridine rings is 1. The molecular weight excluding hydrogens is 440 g/mol. The Morgan fingerprint density at radius 1 is 1.06 bits per heavy atom. The molecule has 0 aliphatic rings. The van der Waals surface area contributed by atoms with Crippen LogP contribution in [-0.4, -0.2) is 35.0 Å². The summed E-state index contributed by atoms with van der Waals surface area (Å²) in [5, 5.41) is 7.33. The normalized spacial score (nSPS) is 11.2. The Kier molecular flexibility index (Phi) is 5.33. The van der Waals surface area contributed by atoms with Crippen molar-refractivity contribution in [2.75, 3.05) is 5.32 Å². The van der Waals surface area contributed by atoms with Gasteiger partial charge < -0.3 is 9.88 Å². The Bertz CT molecular complexity index is 1520. The second kappa shape index (κ2) is 8.47. The molecule has 1 aromatic carbocycles. The molecule has 8 nitrogen and oxygen atoms in total. The summed E-state index contributed by atoms with van der Waals surface area (Å²) in [5.74, 6) is -0.497. The van der Waals surface area contributed by atoms with E-state index in [0.717, 1.165) is 23.1 Å². The van der Waals surface area contributed by atoms with Crippen molar-refractivity contribution in [1.29, 1.82) is 0 Å². The fourth-order valence-corrected chi connectivity index (χ4v) is 3.82. The predicted octanol–water partition coefficient (Wildman–Crippen LogP) is 4.51. The molecular formula is C24H19F2N7O. The number of hydrogen-bond acceptors (Lipinski definition) is 5.